The molecule has 0 radical (unpaired) electrons. The van der Waals surface area contributed by atoms with E-state index in [1.165, 1.54) is 0 Å². The molecule has 0 N–H and O–H groups in total. The molecular formula is C12H17BrF2O3. The van der Waals surface area contributed by atoms with Crippen molar-refractivity contribution in [2.75, 3.05) is 6.61 Å². The number of hydrogen-bond donors (Lipinski definition) is 0. The summed E-state index contributed by atoms with van der Waals surface area (Å²) in [6.45, 7) is 1.78. The van der Waals surface area contributed by atoms with Crippen LogP contribution in [0.15, 0.2) is 0 Å². The Labute approximate surface area is 113 Å². The molecule has 0 aromatic heterocycles. The summed E-state index contributed by atoms with van der Waals surface area (Å²) in [6, 6.07) is 0. The number of ketones is 1. The van der Waals surface area contributed by atoms with Crippen molar-refractivity contribution < 1.29 is 23.1 Å². The first-order chi connectivity index (χ1) is 8.35. The lowest BCUT2D eigenvalue weighted by Gasteiger charge is -2.28. The molecule has 1 rings (SSSR count). The third-order valence-electron chi connectivity index (χ3n) is 3.14. The molecule has 6 heteroatoms. The van der Waals surface area contributed by atoms with Crippen LogP contribution < -0.4 is 0 Å². The number of hydrogen-bond acceptors (Lipinski definition) is 3. The van der Waals surface area contributed by atoms with E-state index in [1.807, 2.05) is 0 Å². The van der Waals surface area contributed by atoms with Crippen molar-refractivity contribution in [3.63, 3.8) is 0 Å². The summed E-state index contributed by atoms with van der Waals surface area (Å²) in [5, 5.41) is 0. The second-order valence-corrected chi connectivity index (χ2v) is 5.69. The molecule has 0 spiro atoms. The van der Waals surface area contributed by atoms with Crippen molar-refractivity contribution in [1.29, 1.82) is 0 Å². The Bertz CT molecular complexity index is 310. The summed E-state index contributed by atoms with van der Waals surface area (Å²) in [5.74, 6) is -3.99. The highest BCUT2D eigenvalue weighted by atomic mass is 79.9. The van der Waals surface area contributed by atoms with Gasteiger partial charge < -0.3 is 4.74 Å². The molecular weight excluding hydrogens is 310 g/mol. The van der Waals surface area contributed by atoms with Gasteiger partial charge in [-0.2, -0.15) is 0 Å². The second kappa shape index (κ2) is 6.59. The predicted molar refractivity (Wildman–Crippen MR) is 65.9 cm³/mol. The molecule has 104 valence electrons. The number of carbonyl (C=O) groups excluding carboxylic acids is 2. The molecule has 1 fully saturated rings. The van der Waals surface area contributed by atoms with Gasteiger partial charge in [0.1, 0.15) is 0 Å². The van der Waals surface area contributed by atoms with E-state index >= 15 is 0 Å². The molecule has 0 unspecified atom stereocenters. The van der Waals surface area contributed by atoms with E-state index in [4.69, 9.17) is 0 Å². The van der Waals surface area contributed by atoms with Gasteiger partial charge in [0.2, 0.25) is 5.92 Å². The summed E-state index contributed by atoms with van der Waals surface area (Å²) in [5.41, 5.74) is 0. The van der Waals surface area contributed by atoms with Gasteiger partial charge >= 0.3 is 5.97 Å². The van der Waals surface area contributed by atoms with E-state index in [-0.39, 0.29) is 25.4 Å². The first-order valence-corrected chi connectivity index (χ1v) is 7.00. The minimum atomic E-state index is -2.57. The van der Waals surface area contributed by atoms with Gasteiger partial charge in [-0.25, -0.2) is 13.6 Å². The lowest BCUT2D eigenvalue weighted by molar-refractivity contribution is -0.153. The van der Waals surface area contributed by atoms with Crippen molar-refractivity contribution in [2.45, 2.75) is 49.8 Å². The quantitative estimate of drug-likeness (QED) is 0.443. The van der Waals surface area contributed by atoms with Crippen LogP contribution in [0.2, 0.25) is 0 Å². The molecule has 0 aromatic rings. The van der Waals surface area contributed by atoms with Crippen molar-refractivity contribution in [3.05, 3.63) is 0 Å². The van der Waals surface area contributed by atoms with Crippen molar-refractivity contribution in [3.8, 4) is 0 Å². The van der Waals surface area contributed by atoms with Crippen molar-refractivity contribution >= 4 is 27.7 Å². The minimum absolute atomic E-state index is 0.0624. The predicted octanol–water partition coefficient (Wildman–Crippen LogP) is 3.10. The lowest BCUT2D eigenvalue weighted by atomic mass is 9.83. The van der Waals surface area contributed by atoms with Crippen LogP contribution in [0.4, 0.5) is 8.78 Å². The van der Waals surface area contributed by atoms with E-state index in [0.29, 0.717) is 19.3 Å². The summed E-state index contributed by atoms with van der Waals surface area (Å²) in [6.07, 6.45) is 0.931. The number of esters is 1. The summed E-state index contributed by atoms with van der Waals surface area (Å²) in [4.78, 5) is 22.1. The Morgan fingerprint density at radius 1 is 1.39 bits per heavy atom. The Balaban J connectivity index is 2.39. The lowest BCUT2D eigenvalue weighted by Crippen LogP contribution is -2.30. The van der Waals surface area contributed by atoms with Gasteiger partial charge in [0.25, 0.3) is 5.78 Å². The molecule has 1 saturated carbocycles. The van der Waals surface area contributed by atoms with E-state index in [2.05, 4.69) is 20.7 Å². The number of rotatable bonds is 5. The fraction of sp³-hybridized carbons (Fsp3) is 0.833. The van der Waals surface area contributed by atoms with Crippen LogP contribution in [-0.2, 0) is 14.3 Å². The first kappa shape index (κ1) is 15.5. The average Bonchev–Trinajstić information content (AvgIpc) is 2.31. The average molecular weight is 327 g/mol. The largest absolute Gasteiger partial charge is 0.460 e. The number of carbonyl (C=O) groups is 2. The fourth-order valence-corrected chi connectivity index (χ4v) is 2.78. The zero-order valence-electron chi connectivity index (χ0n) is 10.3. The van der Waals surface area contributed by atoms with Gasteiger partial charge in [-0.3, -0.25) is 4.79 Å². The molecule has 0 aromatic carbocycles. The minimum Gasteiger partial charge on any atom is -0.460 e. The monoisotopic (exact) mass is 326 g/mol. The highest BCUT2D eigenvalue weighted by Gasteiger charge is 2.36. The Morgan fingerprint density at radius 2 is 1.94 bits per heavy atom. The zero-order chi connectivity index (χ0) is 13.8. The van der Waals surface area contributed by atoms with Gasteiger partial charge in [-0.05, 0) is 32.1 Å². The summed E-state index contributed by atoms with van der Waals surface area (Å²) in [7, 11) is 0. The number of Topliss-reactive ketones (excluding diaryl/α,β-unsaturated/α-hetero) is 1. The van der Waals surface area contributed by atoms with Crippen LogP contribution in [0.25, 0.3) is 0 Å². The standard InChI is InChI=1S/C12H17BrF2O3/c1-2-18-11(17)10(16)9(13)7-8-3-5-12(14,15)6-4-8/h8-9H,2-7H2,1H3/t9-/m0/s1. The Hall–Kier alpha value is -0.520. The van der Waals surface area contributed by atoms with Crippen LogP contribution >= 0.6 is 15.9 Å². The van der Waals surface area contributed by atoms with Crippen LogP contribution in [0.3, 0.4) is 0 Å². The van der Waals surface area contributed by atoms with Crippen LogP contribution in [0.5, 0.6) is 0 Å². The second-order valence-electron chi connectivity index (χ2n) is 4.59. The van der Waals surface area contributed by atoms with Gasteiger partial charge in [-0.15, -0.1) is 0 Å². The summed E-state index contributed by atoms with van der Waals surface area (Å²) >= 11 is 3.14. The highest BCUT2D eigenvalue weighted by molar-refractivity contribution is 9.10. The van der Waals surface area contributed by atoms with Crippen molar-refractivity contribution in [2.24, 2.45) is 5.92 Å². The van der Waals surface area contributed by atoms with Gasteiger partial charge in [0, 0.05) is 12.8 Å². The van der Waals surface area contributed by atoms with Crippen molar-refractivity contribution in [1.82, 2.24) is 0 Å². The van der Waals surface area contributed by atoms with Crippen LogP contribution in [0.1, 0.15) is 39.0 Å². The maximum absolute atomic E-state index is 12.9. The normalized spacial score (nSPS) is 21.3. The van der Waals surface area contributed by atoms with Crippen LogP contribution in [0, 0.1) is 5.92 Å². The molecule has 3 nitrogen and oxygen atoms in total. The smallest absolute Gasteiger partial charge is 0.375 e. The molecule has 1 atom stereocenters. The maximum Gasteiger partial charge on any atom is 0.375 e. The molecule has 0 bridgehead atoms. The SMILES string of the molecule is CCOC(=O)C(=O)[C@@H](Br)CC1CCC(F)(F)CC1. The molecule has 1 aliphatic carbocycles. The molecule has 1 aliphatic rings. The Kier molecular flexibility index (Phi) is 5.69. The topological polar surface area (TPSA) is 43.4 Å². The highest BCUT2D eigenvalue weighted by Crippen LogP contribution is 2.38. The number of ether oxygens (including phenoxy) is 1. The van der Waals surface area contributed by atoms with Crippen LogP contribution in [-0.4, -0.2) is 29.1 Å². The molecule has 18 heavy (non-hydrogen) atoms. The maximum atomic E-state index is 12.9. The summed E-state index contributed by atoms with van der Waals surface area (Å²) < 4.78 is 30.5. The zero-order valence-corrected chi connectivity index (χ0v) is 11.8. The first-order valence-electron chi connectivity index (χ1n) is 6.08. The Morgan fingerprint density at radius 3 is 2.44 bits per heavy atom. The third kappa shape index (κ3) is 4.63. The van der Waals surface area contributed by atoms with Gasteiger partial charge in [0.15, 0.2) is 0 Å². The third-order valence-corrected chi connectivity index (χ3v) is 3.93. The van der Waals surface area contributed by atoms with E-state index in [1.54, 1.807) is 6.92 Å². The molecule has 0 saturated heterocycles. The number of alkyl halides is 3. The van der Waals surface area contributed by atoms with Gasteiger partial charge in [0.05, 0.1) is 11.4 Å². The van der Waals surface area contributed by atoms with E-state index < -0.39 is 22.5 Å². The molecule has 0 aliphatic heterocycles. The fourth-order valence-electron chi connectivity index (χ4n) is 2.07. The van der Waals surface area contributed by atoms with E-state index in [9.17, 15) is 18.4 Å². The number of halogens is 3. The van der Waals surface area contributed by atoms with Gasteiger partial charge in [-0.1, -0.05) is 15.9 Å². The van der Waals surface area contributed by atoms with E-state index in [0.717, 1.165) is 0 Å². The molecule has 0 amide bonds. The molecule has 0 heterocycles.